The summed E-state index contributed by atoms with van der Waals surface area (Å²) in [5.41, 5.74) is 0.144. The van der Waals surface area contributed by atoms with Gasteiger partial charge in [-0.15, -0.1) is 5.10 Å². The Morgan fingerprint density at radius 2 is 2.11 bits per heavy atom. The predicted octanol–water partition coefficient (Wildman–Crippen LogP) is 1.25. The lowest BCUT2D eigenvalue weighted by atomic mass is 9.85. The summed E-state index contributed by atoms with van der Waals surface area (Å²) in [4.78, 5) is 5.94. The van der Waals surface area contributed by atoms with Crippen molar-refractivity contribution in [2.24, 2.45) is 0 Å². The number of nitrogens with zero attached hydrogens (tertiary/aromatic N) is 7. The molecule has 0 amide bonds. The van der Waals surface area contributed by atoms with Crippen LogP contribution in [0.2, 0.25) is 0 Å². The maximum Gasteiger partial charge on any atom is 0.137 e. The molecule has 0 saturated heterocycles. The van der Waals surface area contributed by atoms with Crippen molar-refractivity contribution in [2.45, 2.75) is 45.1 Å². The maximum absolute atomic E-state index is 14.7. The largest absolute Gasteiger partial charge is 0.381 e. The van der Waals surface area contributed by atoms with E-state index in [1.54, 1.807) is 0 Å². The van der Waals surface area contributed by atoms with Crippen molar-refractivity contribution < 1.29 is 13.9 Å². The van der Waals surface area contributed by atoms with Crippen LogP contribution < -0.4 is 0 Å². The quantitative estimate of drug-likeness (QED) is 0.707. The maximum atomic E-state index is 14.7. The number of benzene rings is 1. The predicted molar refractivity (Wildman–Crippen MR) is 94.9 cm³/mol. The van der Waals surface area contributed by atoms with Gasteiger partial charge < -0.3 is 5.11 Å². The second kappa shape index (κ2) is 7.02. The minimum atomic E-state index is -1.66. The van der Waals surface area contributed by atoms with Crippen LogP contribution in [0, 0.1) is 18.6 Å². The Morgan fingerprint density at radius 1 is 1.29 bits per heavy atom. The lowest BCUT2D eigenvalue weighted by molar-refractivity contribution is -0.0711. The van der Waals surface area contributed by atoms with E-state index >= 15 is 0 Å². The van der Waals surface area contributed by atoms with Crippen molar-refractivity contribution in [3.63, 3.8) is 0 Å². The lowest BCUT2D eigenvalue weighted by Gasteiger charge is -2.42. The Kier molecular flexibility index (Phi) is 4.68. The molecule has 1 aliphatic rings. The number of aryl methyl sites for hydroxylation is 1. The number of aliphatic hydroxyl groups is 1. The molecule has 10 heteroatoms. The molecule has 0 fully saturated rings. The van der Waals surface area contributed by atoms with Gasteiger partial charge in [-0.1, -0.05) is 11.3 Å². The zero-order valence-electron chi connectivity index (χ0n) is 15.6. The summed E-state index contributed by atoms with van der Waals surface area (Å²) in [5, 5.41) is 23.9. The molecule has 4 rings (SSSR count). The average molecular weight is 389 g/mol. The molecule has 3 heterocycles. The van der Waals surface area contributed by atoms with E-state index in [2.05, 4.69) is 20.4 Å². The highest BCUT2D eigenvalue weighted by Gasteiger charge is 2.43. The van der Waals surface area contributed by atoms with Crippen LogP contribution in [0.3, 0.4) is 0 Å². The van der Waals surface area contributed by atoms with E-state index in [0.29, 0.717) is 19.6 Å². The number of aromatic nitrogens is 6. The van der Waals surface area contributed by atoms with Crippen LogP contribution in [0.1, 0.15) is 23.9 Å². The molecule has 0 spiro atoms. The van der Waals surface area contributed by atoms with Gasteiger partial charge in [0.2, 0.25) is 0 Å². The smallest absolute Gasteiger partial charge is 0.137 e. The molecule has 0 aliphatic carbocycles. The van der Waals surface area contributed by atoms with Crippen molar-refractivity contribution in [1.82, 2.24) is 34.7 Å². The monoisotopic (exact) mass is 389 g/mol. The number of rotatable bonds is 5. The fourth-order valence-corrected chi connectivity index (χ4v) is 3.77. The van der Waals surface area contributed by atoms with Crippen molar-refractivity contribution in [1.29, 1.82) is 0 Å². The van der Waals surface area contributed by atoms with Crippen molar-refractivity contribution in [3.8, 4) is 0 Å². The molecule has 1 aromatic carbocycles. The first-order chi connectivity index (χ1) is 13.4. The first-order valence-corrected chi connectivity index (χ1v) is 9.02. The number of fused-ring (bicyclic) bond motifs is 1. The molecular weight excluding hydrogens is 368 g/mol. The van der Waals surface area contributed by atoms with Crippen LogP contribution in [0.25, 0.3) is 0 Å². The molecular formula is C18H21F2N7O. The zero-order valence-corrected chi connectivity index (χ0v) is 15.6. The summed E-state index contributed by atoms with van der Waals surface area (Å²) in [5.74, 6) is -1.49. The Hall–Kier alpha value is -2.72. The Bertz CT molecular complexity index is 974. The van der Waals surface area contributed by atoms with Crippen LogP contribution >= 0.6 is 0 Å². The molecule has 0 unspecified atom stereocenters. The van der Waals surface area contributed by atoms with E-state index in [9.17, 15) is 13.9 Å². The molecule has 0 radical (unpaired) electrons. The molecule has 1 N–H and O–H groups in total. The fraction of sp³-hybridized carbons (Fsp3) is 0.444. The summed E-state index contributed by atoms with van der Waals surface area (Å²) in [6, 6.07) is 2.73. The van der Waals surface area contributed by atoms with Gasteiger partial charge in [0, 0.05) is 30.8 Å². The molecule has 148 valence electrons. The number of hydrogen-bond acceptors (Lipinski definition) is 6. The van der Waals surface area contributed by atoms with Crippen LogP contribution in [0.5, 0.6) is 0 Å². The van der Waals surface area contributed by atoms with Gasteiger partial charge in [0.25, 0.3) is 0 Å². The van der Waals surface area contributed by atoms with Gasteiger partial charge in [-0.25, -0.2) is 23.1 Å². The van der Waals surface area contributed by atoms with E-state index in [1.807, 2.05) is 23.4 Å². The Balaban J connectivity index is 1.71. The zero-order chi connectivity index (χ0) is 19.9. The van der Waals surface area contributed by atoms with Gasteiger partial charge in [-0.3, -0.25) is 4.90 Å². The van der Waals surface area contributed by atoms with Gasteiger partial charge in [0.05, 0.1) is 24.5 Å². The second-order valence-electron chi connectivity index (χ2n) is 7.13. The molecule has 0 bridgehead atoms. The first-order valence-electron chi connectivity index (χ1n) is 9.02. The highest BCUT2D eigenvalue weighted by molar-refractivity contribution is 5.27. The second-order valence-corrected chi connectivity index (χ2v) is 7.13. The summed E-state index contributed by atoms with van der Waals surface area (Å²) in [6.45, 7) is 5.43. The molecule has 0 saturated carbocycles. The lowest BCUT2D eigenvalue weighted by Crippen LogP contribution is -2.53. The van der Waals surface area contributed by atoms with Crippen LogP contribution in [-0.2, 0) is 25.2 Å². The van der Waals surface area contributed by atoms with Crippen LogP contribution in [0.15, 0.2) is 30.9 Å². The van der Waals surface area contributed by atoms with Crippen LogP contribution in [-0.4, -0.2) is 52.4 Å². The molecule has 2 aromatic heterocycles. The highest BCUT2D eigenvalue weighted by atomic mass is 19.1. The first kappa shape index (κ1) is 18.6. The molecule has 2 atom stereocenters. The summed E-state index contributed by atoms with van der Waals surface area (Å²) in [7, 11) is 0. The van der Waals surface area contributed by atoms with E-state index in [4.69, 9.17) is 0 Å². The summed E-state index contributed by atoms with van der Waals surface area (Å²) < 4.78 is 31.4. The Morgan fingerprint density at radius 3 is 2.82 bits per heavy atom. The molecule has 3 aromatic rings. The van der Waals surface area contributed by atoms with E-state index in [0.717, 1.165) is 23.5 Å². The normalized spacial score (nSPS) is 17.9. The molecule has 28 heavy (non-hydrogen) atoms. The standard InChI is InChI=1S/C18H21F2N7O/c1-12-17-8-25(5-6-27(17)24-23-12)13(2)18(28,9-26-11-21-10-22-26)15-4-3-14(19)7-16(15)20/h3-4,7,10-11,13,28H,5-6,8-9H2,1-2H3/t13-,18-/m1/s1. The minimum absolute atomic E-state index is 0.0193. The Labute approximate surface area is 160 Å². The third kappa shape index (κ3) is 3.18. The molecule has 8 nitrogen and oxygen atoms in total. The third-order valence-corrected chi connectivity index (χ3v) is 5.49. The average Bonchev–Trinajstić information content (AvgIpc) is 3.30. The minimum Gasteiger partial charge on any atom is -0.381 e. The van der Waals surface area contributed by atoms with Gasteiger partial charge >= 0.3 is 0 Å². The van der Waals surface area contributed by atoms with E-state index in [1.165, 1.54) is 23.4 Å². The number of halogens is 2. The van der Waals surface area contributed by atoms with Gasteiger partial charge in [-0.2, -0.15) is 5.10 Å². The van der Waals surface area contributed by atoms with Gasteiger partial charge in [0.15, 0.2) is 0 Å². The van der Waals surface area contributed by atoms with Crippen LogP contribution in [0.4, 0.5) is 8.78 Å². The van der Waals surface area contributed by atoms with E-state index < -0.39 is 23.3 Å². The fourth-order valence-electron chi connectivity index (χ4n) is 3.77. The SMILES string of the molecule is Cc1nnn2c1CN([C@H](C)[C@](O)(Cn1cncn1)c1ccc(F)cc1F)CC2. The van der Waals surface area contributed by atoms with Crippen molar-refractivity contribution in [2.75, 3.05) is 6.54 Å². The number of hydrogen-bond donors (Lipinski definition) is 1. The molecule has 1 aliphatic heterocycles. The third-order valence-electron chi connectivity index (χ3n) is 5.49. The van der Waals surface area contributed by atoms with E-state index in [-0.39, 0.29) is 12.1 Å². The summed E-state index contributed by atoms with van der Waals surface area (Å²) in [6.07, 6.45) is 2.80. The summed E-state index contributed by atoms with van der Waals surface area (Å²) >= 11 is 0. The van der Waals surface area contributed by atoms with Crippen molar-refractivity contribution in [3.05, 3.63) is 59.4 Å². The van der Waals surface area contributed by atoms with Crippen molar-refractivity contribution >= 4 is 0 Å². The van der Waals surface area contributed by atoms with Gasteiger partial charge in [0.1, 0.15) is 29.9 Å². The topological polar surface area (TPSA) is 84.9 Å². The van der Waals surface area contributed by atoms with Gasteiger partial charge in [-0.05, 0) is 19.9 Å². The highest BCUT2D eigenvalue weighted by Crippen LogP contribution is 2.34.